The Morgan fingerprint density at radius 1 is 1.36 bits per heavy atom. The number of aryl methyl sites for hydroxylation is 1. The quantitative estimate of drug-likeness (QED) is 0.635. The molecule has 2 amide bonds. The van der Waals surface area contributed by atoms with Gasteiger partial charge in [-0.3, -0.25) is 9.59 Å². The molecule has 1 N–H and O–H groups in total. The Balaban J connectivity index is 1.53. The lowest BCUT2D eigenvalue weighted by Gasteiger charge is -2.04. The molecule has 0 saturated heterocycles. The molecule has 10 heteroatoms. The van der Waals surface area contributed by atoms with E-state index in [2.05, 4.69) is 15.5 Å². The summed E-state index contributed by atoms with van der Waals surface area (Å²) in [7, 11) is 0. The molecule has 0 fully saturated rings. The zero-order chi connectivity index (χ0) is 19.9. The van der Waals surface area contributed by atoms with E-state index in [1.54, 1.807) is 47.3 Å². The van der Waals surface area contributed by atoms with Gasteiger partial charge in [-0.25, -0.2) is 4.39 Å². The molecule has 0 aliphatic heterocycles. The lowest BCUT2D eigenvalue weighted by Crippen LogP contribution is -2.19. The van der Waals surface area contributed by atoms with Gasteiger partial charge >= 0.3 is 0 Å². The van der Waals surface area contributed by atoms with Crippen molar-refractivity contribution >= 4 is 40.7 Å². The number of carbonyl (C=O) groups excluding carboxylic acids is 2. The van der Waals surface area contributed by atoms with Gasteiger partial charge in [0.1, 0.15) is 11.6 Å². The number of nitrogens with one attached hydrogen (secondary N) is 1. The molecule has 7 nitrogen and oxygen atoms in total. The molecule has 2 heterocycles. The monoisotopic (exact) mass is 420 g/mol. The molecule has 0 saturated carbocycles. The van der Waals surface area contributed by atoms with Gasteiger partial charge in [-0.15, -0.1) is 23.1 Å². The Kier molecular flexibility index (Phi) is 6.77. The van der Waals surface area contributed by atoms with Gasteiger partial charge in [-0.1, -0.05) is 23.4 Å². The van der Waals surface area contributed by atoms with Gasteiger partial charge in [0.25, 0.3) is 5.91 Å². The van der Waals surface area contributed by atoms with Crippen molar-refractivity contribution in [2.45, 2.75) is 13.5 Å². The van der Waals surface area contributed by atoms with Crippen LogP contribution in [-0.2, 0) is 16.1 Å². The third-order valence-corrected chi connectivity index (χ3v) is 5.24. The van der Waals surface area contributed by atoms with Gasteiger partial charge in [0, 0.05) is 23.2 Å². The molecule has 3 rings (SSSR count). The van der Waals surface area contributed by atoms with Crippen molar-refractivity contribution in [3.63, 3.8) is 0 Å². The molecule has 0 atom stereocenters. The fourth-order valence-electron chi connectivity index (χ4n) is 2.29. The number of aromatic nitrogens is 2. The maximum atomic E-state index is 13.8. The first-order valence-electron chi connectivity index (χ1n) is 8.27. The fraction of sp³-hybridized carbons (Fsp3) is 0.222. The van der Waals surface area contributed by atoms with Gasteiger partial charge in [0.15, 0.2) is 10.6 Å². The summed E-state index contributed by atoms with van der Waals surface area (Å²) in [5.74, 6) is 0.137. The molecule has 0 unspecified atom stereocenters. The van der Waals surface area contributed by atoms with Crippen molar-refractivity contribution in [2.24, 2.45) is 4.99 Å². The van der Waals surface area contributed by atoms with Crippen LogP contribution in [0.5, 0.6) is 0 Å². The van der Waals surface area contributed by atoms with Gasteiger partial charge < -0.3 is 14.4 Å². The average Bonchev–Trinajstić information content (AvgIpc) is 3.26. The van der Waals surface area contributed by atoms with Crippen LogP contribution in [0.25, 0.3) is 0 Å². The molecular formula is C18H17FN4O3S2. The minimum absolute atomic E-state index is 0.0584. The summed E-state index contributed by atoms with van der Waals surface area (Å²) in [5.41, 5.74) is 0.518. The zero-order valence-electron chi connectivity index (χ0n) is 14.9. The van der Waals surface area contributed by atoms with Crippen LogP contribution >= 0.6 is 23.1 Å². The molecular weight excluding hydrogens is 403 g/mol. The summed E-state index contributed by atoms with van der Waals surface area (Å²) < 4.78 is 20.4. The van der Waals surface area contributed by atoms with Crippen LogP contribution in [0.3, 0.4) is 0 Å². The molecule has 28 heavy (non-hydrogen) atoms. The number of halogens is 1. The van der Waals surface area contributed by atoms with Crippen molar-refractivity contribution in [3.05, 3.63) is 63.9 Å². The lowest BCUT2D eigenvalue weighted by molar-refractivity contribution is -0.115. The Labute approximate surface area is 168 Å². The second kappa shape index (κ2) is 9.47. The van der Waals surface area contributed by atoms with E-state index in [0.717, 1.165) is 11.8 Å². The molecule has 146 valence electrons. The Bertz CT molecular complexity index is 1040. The van der Waals surface area contributed by atoms with Crippen LogP contribution in [0, 0.1) is 12.7 Å². The summed E-state index contributed by atoms with van der Waals surface area (Å²) in [5, 5.41) is 8.03. The highest BCUT2D eigenvalue weighted by Crippen LogP contribution is 2.09. The van der Waals surface area contributed by atoms with Crippen LogP contribution in [0.4, 0.5) is 10.2 Å². The zero-order valence-corrected chi connectivity index (χ0v) is 16.6. The Morgan fingerprint density at radius 3 is 2.93 bits per heavy atom. The first-order valence-corrected chi connectivity index (χ1v) is 10.3. The molecule has 0 radical (unpaired) electrons. The molecule has 1 aromatic carbocycles. The summed E-state index contributed by atoms with van der Waals surface area (Å²) in [6.45, 7) is 2.01. The van der Waals surface area contributed by atoms with Gasteiger partial charge in [0.2, 0.25) is 5.91 Å². The highest BCUT2D eigenvalue weighted by Gasteiger charge is 2.09. The van der Waals surface area contributed by atoms with E-state index >= 15 is 0 Å². The van der Waals surface area contributed by atoms with Gasteiger partial charge in [0.05, 0.1) is 18.1 Å². The smallest absolute Gasteiger partial charge is 0.258 e. The topological polar surface area (TPSA) is 89.5 Å². The fourth-order valence-corrected chi connectivity index (χ4v) is 3.64. The molecule has 0 spiro atoms. The first-order chi connectivity index (χ1) is 13.5. The number of anilines is 1. The first kappa shape index (κ1) is 20.0. The number of thiazole rings is 1. The van der Waals surface area contributed by atoms with Crippen molar-refractivity contribution in [1.29, 1.82) is 0 Å². The number of amides is 2. The normalized spacial score (nSPS) is 11.6. The van der Waals surface area contributed by atoms with Crippen LogP contribution in [0.2, 0.25) is 0 Å². The van der Waals surface area contributed by atoms with E-state index in [0.29, 0.717) is 21.9 Å². The minimum atomic E-state index is -0.361. The SMILES string of the molecule is Cc1cc(NC(=O)CSCC(=O)N=c2sccn2Cc2ccccc2F)no1. The number of hydrogen-bond acceptors (Lipinski definition) is 6. The largest absolute Gasteiger partial charge is 0.360 e. The second-order valence-electron chi connectivity index (χ2n) is 5.77. The van der Waals surface area contributed by atoms with Crippen LogP contribution in [0.15, 0.2) is 51.4 Å². The second-order valence-corrected chi connectivity index (χ2v) is 7.63. The average molecular weight is 420 g/mol. The Morgan fingerprint density at radius 2 is 2.18 bits per heavy atom. The van der Waals surface area contributed by atoms with Gasteiger partial charge in [-0.2, -0.15) is 4.99 Å². The molecule has 0 aliphatic carbocycles. The highest BCUT2D eigenvalue weighted by atomic mass is 32.2. The lowest BCUT2D eigenvalue weighted by atomic mass is 10.2. The van der Waals surface area contributed by atoms with E-state index < -0.39 is 0 Å². The third-order valence-electron chi connectivity index (χ3n) is 3.53. The number of rotatable bonds is 7. The van der Waals surface area contributed by atoms with E-state index in [1.807, 2.05) is 0 Å². The molecule has 3 aromatic rings. The van der Waals surface area contributed by atoms with E-state index in [4.69, 9.17) is 4.52 Å². The maximum Gasteiger partial charge on any atom is 0.258 e. The standard InChI is InChI=1S/C18H17FN4O3S2/c1-12-8-15(22-26-12)20-16(24)10-27-11-17(25)21-18-23(6-7-28-18)9-13-4-2-3-5-14(13)19/h2-8H,9-11H2,1H3,(H,20,22,24). The number of thioether (sulfide) groups is 1. The molecule has 0 aliphatic rings. The van der Waals surface area contributed by atoms with Crippen molar-refractivity contribution < 1.29 is 18.5 Å². The van der Waals surface area contributed by atoms with Crippen molar-refractivity contribution in [1.82, 2.24) is 9.72 Å². The summed E-state index contributed by atoms with van der Waals surface area (Å²) in [6, 6.07) is 8.08. The third kappa shape index (κ3) is 5.64. The van der Waals surface area contributed by atoms with E-state index in [-0.39, 0.29) is 35.7 Å². The van der Waals surface area contributed by atoms with Crippen molar-refractivity contribution in [3.8, 4) is 0 Å². The van der Waals surface area contributed by atoms with Crippen LogP contribution in [-0.4, -0.2) is 33.0 Å². The summed E-state index contributed by atoms with van der Waals surface area (Å²) >= 11 is 2.44. The predicted molar refractivity (Wildman–Crippen MR) is 106 cm³/mol. The number of benzene rings is 1. The molecule has 2 aromatic heterocycles. The number of hydrogen-bond donors (Lipinski definition) is 1. The van der Waals surface area contributed by atoms with E-state index in [1.165, 1.54) is 17.4 Å². The summed E-state index contributed by atoms with van der Waals surface area (Å²) in [6.07, 6.45) is 1.75. The van der Waals surface area contributed by atoms with Crippen LogP contribution in [0.1, 0.15) is 11.3 Å². The minimum Gasteiger partial charge on any atom is -0.360 e. The number of carbonyl (C=O) groups is 2. The molecule has 0 bridgehead atoms. The summed E-state index contributed by atoms with van der Waals surface area (Å²) in [4.78, 5) is 28.5. The predicted octanol–water partition coefficient (Wildman–Crippen LogP) is 2.83. The van der Waals surface area contributed by atoms with E-state index in [9.17, 15) is 14.0 Å². The Hall–Kier alpha value is -2.72. The van der Waals surface area contributed by atoms with Crippen molar-refractivity contribution in [2.75, 3.05) is 16.8 Å². The number of nitrogens with zero attached hydrogens (tertiary/aromatic N) is 3. The van der Waals surface area contributed by atoms with Gasteiger partial charge in [-0.05, 0) is 13.0 Å². The highest BCUT2D eigenvalue weighted by molar-refractivity contribution is 8.00. The van der Waals surface area contributed by atoms with Crippen LogP contribution < -0.4 is 10.1 Å². The maximum absolute atomic E-state index is 13.8.